The molecular formula is C21H28BN5O6. The number of aromatic amines is 1. The van der Waals surface area contributed by atoms with Crippen LogP contribution in [0.15, 0.2) is 40.1 Å². The Morgan fingerprint density at radius 1 is 1.27 bits per heavy atom. The molecule has 0 unspecified atom stereocenters. The second-order valence-corrected chi connectivity index (χ2v) is 7.71. The van der Waals surface area contributed by atoms with Gasteiger partial charge in [-0.2, -0.15) is 5.26 Å². The van der Waals surface area contributed by atoms with Gasteiger partial charge in [0.05, 0.1) is 5.61 Å². The van der Waals surface area contributed by atoms with E-state index in [0.717, 1.165) is 0 Å². The molecule has 0 spiro atoms. The Balaban J connectivity index is 2.91. The van der Waals surface area contributed by atoms with E-state index in [0.29, 0.717) is 12.8 Å². The number of rotatable bonds is 12. The van der Waals surface area contributed by atoms with E-state index in [1.54, 1.807) is 6.07 Å². The first-order valence-electron chi connectivity index (χ1n) is 10.4. The van der Waals surface area contributed by atoms with Crippen LogP contribution < -0.4 is 16.2 Å². The van der Waals surface area contributed by atoms with Crippen LogP contribution in [0, 0.1) is 17.2 Å². The molecule has 11 nitrogen and oxygen atoms in total. The van der Waals surface area contributed by atoms with Gasteiger partial charge in [0.15, 0.2) is 0 Å². The van der Waals surface area contributed by atoms with E-state index in [4.69, 9.17) is 5.26 Å². The van der Waals surface area contributed by atoms with E-state index in [2.05, 4.69) is 27.2 Å². The number of carbonyl (C=O) groups excluding carboxylic acids is 3. The van der Waals surface area contributed by atoms with Gasteiger partial charge in [-0.15, -0.1) is 0 Å². The molecule has 0 aliphatic rings. The van der Waals surface area contributed by atoms with E-state index in [1.807, 2.05) is 13.8 Å². The Hall–Kier alpha value is -3.56. The highest BCUT2D eigenvalue weighted by atomic mass is 16.4. The van der Waals surface area contributed by atoms with Crippen molar-refractivity contribution in [2.75, 3.05) is 6.54 Å². The fourth-order valence-corrected chi connectivity index (χ4v) is 2.75. The Kier molecular flexibility index (Phi) is 11.5. The van der Waals surface area contributed by atoms with Gasteiger partial charge in [0.2, 0.25) is 5.56 Å². The summed E-state index contributed by atoms with van der Waals surface area (Å²) in [6.07, 6.45) is 1.12. The minimum Gasteiger partial charge on any atom is -0.422 e. The third-order valence-corrected chi connectivity index (χ3v) is 4.40. The van der Waals surface area contributed by atoms with Crippen LogP contribution in [0.3, 0.4) is 0 Å². The summed E-state index contributed by atoms with van der Waals surface area (Å²) in [5.41, 5.74) is -0.872. The normalized spacial score (nSPS) is 11.9. The summed E-state index contributed by atoms with van der Waals surface area (Å²) in [5, 5.41) is 32.7. The molecule has 5 N–H and O–H groups in total. The highest BCUT2D eigenvalue weighted by molar-refractivity contribution is 6.80. The van der Waals surface area contributed by atoms with Gasteiger partial charge in [-0.25, -0.2) is 4.99 Å². The zero-order valence-electron chi connectivity index (χ0n) is 18.6. The molecule has 0 bridgehead atoms. The fourth-order valence-electron chi connectivity index (χ4n) is 2.75. The van der Waals surface area contributed by atoms with E-state index in [-0.39, 0.29) is 42.2 Å². The Labute approximate surface area is 191 Å². The lowest BCUT2D eigenvalue weighted by atomic mass is 9.78. The summed E-state index contributed by atoms with van der Waals surface area (Å²) in [6.45, 7) is 7.17. The predicted octanol–water partition coefficient (Wildman–Crippen LogP) is -0.135. The topological polar surface area (TPSA) is 185 Å². The molecule has 0 aromatic carbocycles. The van der Waals surface area contributed by atoms with Gasteiger partial charge < -0.3 is 25.7 Å². The van der Waals surface area contributed by atoms with Crippen molar-refractivity contribution >= 4 is 30.5 Å². The molecule has 1 rings (SSSR count). The maximum Gasteiger partial charge on any atom is 0.503 e. The van der Waals surface area contributed by atoms with E-state index < -0.39 is 36.4 Å². The summed E-state index contributed by atoms with van der Waals surface area (Å²) in [5.74, 6) is -2.05. The van der Waals surface area contributed by atoms with Crippen LogP contribution in [0.4, 0.5) is 0 Å². The maximum absolute atomic E-state index is 12.8. The largest absolute Gasteiger partial charge is 0.503 e. The molecule has 176 valence electrons. The molecule has 1 aromatic rings. The quantitative estimate of drug-likeness (QED) is 0.0951. The van der Waals surface area contributed by atoms with Crippen molar-refractivity contribution in [2.24, 2.45) is 10.9 Å². The third kappa shape index (κ3) is 10.1. The predicted molar refractivity (Wildman–Crippen MR) is 122 cm³/mol. The van der Waals surface area contributed by atoms with Gasteiger partial charge in [0, 0.05) is 12.6 Å². The lowest BCUT2D eigenvalue weighted by Crippen LogP contribution is -2.42. The van der Waals surface area contributed by atoms with Crippen molar-refractivity contribution in [1.29, 1.82) is 5.26 Å². The van der Waals surface area contributed by atoms with E-state index >= 15 is 0 Å². The van der Waals surface area contributed by atoms with E-state index in [1.165, 1.54) is 18.2 Å². The second kappa shape index (κ2) is 13.8. The number of pyridine rings is 1. The molecule has 1 aromatic heterocycles. The van der Waals surface area contributed by atoms with Crippen molar-refractivity contribution < 1.29 is 24.4 Å². The highest BCUT2D eigenvalue weighted by Gasteiger charge is 2.25. The molecule has 3 amide bonds. The SMILES string of the molecule is C=C(C#N)C(=O)NCCCC[C@H](NC(=O)c1cccc(=O)[nH]1)C(=O)N=C(CC(C)C)B(O)O. The highest BCUT2D eigenvalue weighted by Crippen LogP contribution is 2.08. The molecule has 33 heavy (non-hydrogen) atoms. The number of aromatic nitrogens is 1. The third-order valence-electron chi connectivity index (χ3n) is 4.40. The number of nitrogens with zero attached hydrogens (tertiary/aromatic N) is 2. The van der Waals surface area contributed by atoms with Crippen LogP contribution in [0.2, 0.25) is 0 Å². The Morgan fingerprint density at radius 3 is 2.55 bits per heavy atom. The van der Waals surface area contributed by atoms with Crippen LogP contribution >= 0.6 is 0 Å². The average molecular weight is 457 g/mol. The summed E-state index contributed by atoms with van der Waals surface area (Å²) >= 11 is 0. The molecule has 0 fully saturated rings. The lowest BCUT2D eigenvalue weighted by Gasteiger charge is -2.17. The standard InChI is InChI=1S/C21H28BN5O6/c1-13(2)11-17(22(32)33)27-21(31)16(7-4-5-10-24-19(29)14(3)12-23)26-20(30)15-8-6-9-18(28)25-15/h6,8-9,13,16,32-33H,3-5,7,10-11H2,1-2H3,(H,24,29)(H,25,28)(H,26,30)/t16-/m0/s1. The fraction of sp³-hybridized carbons (Fsp3) is 0.429. The van der Waals surface area contributed by atoms with Gasteiger partial charge in [-0.1, -0.05) is 26.5 Å². The number of H-pyrrole nitrogens is 1. The number of nitriles is 1. The van der Waals surface area contributed by atoms with Gasteiger partial charge >= 0.3 is 7.12 Å². The first-order chi connectivity index (χ1) is 15.5. The number of amides is 3. The van der Waals surface area contributed by atoms with Crippen LogP contribution in [0.1, 0.15) is 50.0 Å². The number of aliphatic imine (C=N–C) groups is 1. The van der Waals surface area contributed by atoms with Crippen LogP contribution in [-0.4, -0.2) is 58.1 Å². The zero-order valence-corrected chi connectivity index (χ0v) is 18.6. The summed E-state index contributed by atoms with van der Waals surface area (Å²) in [4.78, 5) is 54.5. The Bertz CT molecular complexity index is 995. The summed E-state index contributed by atoms with van der Waals surface area (Å²) < 4.78 is 0. The van der Waals surface area contributed by atoms with Crippen LogP contribution in [0.5, 0.6) is 0 Å². The van der Waals surface area contributed by atoms with Gasteiger partial charge in [0.1, 0.15) is 23.4 Å². The van der Waals surface area contributed by atoms with Crippen LogP contribution in [0.25, 0.3) is 0 Å². The van der Waals surface area contributed by atoms with Crippen molar-refractivity contribution in [1.82, 2.24) is 15.6 Å². The number of hydrogen-bond acceptors (Lipinski definition) is 7. The van der Waals surface area contributed by atoms with E-state index in [9.17, 15) is 29.2 Å². The van der Waals surface area contributed by atoms with Crippen molar-refractivity contribution in [3.05, 3.63) is 46.4 Å². The average Bonchev–Trinajstić information content (AvgIpc) is 2.76. The molecule has 0 aliphatic carbocycles. The second-order valence-electron chi connectivity index (χ2n) is 7.71. The number of hydrogen-bond donors (Lipinski definition) is 5. The molecule has 0 saturated heterocycles. The number of carbonyl (C=O) groups is 3. The molecule has 1 heterocycles. The van der Waals surface area contributed by atoms with Crippen molar-refractivity contribution in [3.63, 3.8) is 0 Å². The van der Waals surface area contributed by atoms with Gasteiger partial charge in [-0.05, 0) is 37.7 Å². The monoisotopic (exact) mass is 457 g/mol. The number of nitrogens with one attached hydrogen (secondary N) is 3. The molecule has 12 heteroatoms. The lowest BCUT2D eigenvalue weighted by molar-refractivity contribution is -0.120. The summed E-state index contributed by atoms with van der Waals surface area (Å²) in [7, 11) is -1.92. The first kappa shape index (κ1) is 27.5. The molecule has 0 aliphatic heterocycles. The molecular weight excluding hydrogens is 429 g/mol. The minimum absolute atomic E-state index is 0.00700. The number of unbranched alkanes of at least 4 members (excludes halogenated alkanes) is 1. The zero-order chi connectivity index (χ0) is 25.0. The minimum atomic E-state index is -1.92. The molecule has 0 saturated carbocycles. The van der Waals surface area contributed by atoms with Crippen LogP contribution in [-0.2, 0) is 9.59 Å². The maximum atomic E-state index is 12.8. The van der Waals surface area contributed by atoms with Gasteiger partial charge in [0.25, 0.3) is 17.7 Å². The summed E-state index contributed by atoms with van der Waals surface area (Å²) in [6, 6.07) is 4.54. The molecule has 0 radical (unpaired) electrons. The van der Waals surface area contributed by atoms with Crippen molar-refractivity contribution in [2.45, 2.75) is 45.6 Å². The first-order valence-corrected chi connectivity index (χ1v) is 10.4. The van der Waals surface area contributed by atoms with Gasteiger partial charge in [-0.3, -0.25) is 19.2 Å². The van der Waals surface area contributed by atoms with Crippen molar-refractivity contribution in [3.8, 4) is 6.07 Å². The smallest absolute Gasteiger partial charge is 0.422 e. The molecule has 1 atom stereocenters. The Morgan fingerprint density at radius 2 is 1.97 bits per heavy atom.